The highest BCUT2D eigenvalue weighted by Crippen LogP contribution is 2.30. The van der Waals surface area contributed by atoms with Gasteiger partial charge >= 0.3 is 6.03 Å². The lowest BCUT2D eigenvalue weighted by molar-refractivity contribution is 0.0843. The maximum absolute atomic E-state index is 12.7. The van der Waals surface area contributed by atoms with Gasteiger partial charge in [0.05, 0.1) is 11.5 Å². The number of benzene rings is 1. The molecule has 1 aromatic rings. The topological polar surface area (TPSA) is 70.2 Å². The lowest BCUT2D eigenvalue weighted by atomic mass is 9.89. The monoisotopic (exact) mass is 463 g/mol. The van der Waals surface area contributed by atoms with E-state index in [0.29, 0.717) is 31.2 Å². The molecule has 0 N–H and O–H groups in total. The second-order valence-electron chi connectivity index (χ2n) is 9.70. The molecular formula is C24H37N3O4S. The van der Waals surface area contributed by atoms with Crippen molar-refractivity contribution < 1.29 is 17.9 Å². The third kappa shape index (κ3) is 5.76. The molecule has 0 bridgehead atoms. The number of sulfone groups is 1. The third-order valence-electron chi connectivity index (χ3n) is 7.24. The van der Waals surface area contributed by atoms with Crippen LogP contribution < -0.4 is 4.74 Å². The molecule has 0 aliphatic carbocycles. The van der Waals surface area contributed by atoms with Crippen molar-refractivity contribution in [3.8, 4) is 5.75 Å². The van der Waals surface area contributed by atoms with E-state index < -0.39 is 9.84 Å². The van der Waals surface area contributed by atoms with Crippen molar-refractivity contribution in [1.82, 2.24) is 14.7 Å². The summed E-state index contributed by atoms with van der Waals surface area (Å²) in [5.41, 5.74) is 1.31. The van der Waals surface area contributed by atoms with Gasteiger partial charge in [-0.3, -0.25) is 0 Å². The van der Waals surface area contributed by atoms with Crippen LogP contribution in [0.1, 0.15) is 51.0 Å². The molecule has 0 saturated carbocycles. The Labute approximate surface area is 192 Å². The fourth-order valence-electron chi connectivity index (χ4n) is 5.03. The van der Waals surface area contributed by atoms with Crippen LogP contribution in [0.2, 0.25) is 0 Å². The first-order chi connectivity index (χ1) is 15.3. The normalized spacial score (nSPS) is 23.5. The van der Waals surface area contributed by atoms with Gasteiger partial charge in [0.1, 0.15) is 11.9 Å². The van der Waals surface area contributed by atoms with Crippen LogP contribution in [0.15, 0.2) is 24.3 Å². The summed E-state index contributed by atoms with van der Waals surface area (Å²) in [6, 6.07) is 9.14. The van der Waals surface area contributed by atoms with Crippen LogP contribution in [0, 0.1) is 0 Å². The molecule has 8 heteroatoms. The van der Waals surface area contributed by atoms with Crippen molar-refractivity contribution in [2.45, 2.75) is 57.6 Å². The van der Waals surface area contributed by atoms with Gasteiger partial charge in [0.15, 0.2) is 9.84 Å². The van der Waals surface area contributed by atoms with E-state index in [1.807, 2.05) is 4.90 Å². The number of piperidine rings is 2. The molecule has 178 valence electrons. The number of hydrogen-bond donors (Lipinski definition) is 0. The van der Waals surface area contributed by atoms with E-state index in [0.717, 1.165) is 57.6 Å². The maximum atomic E-state index is 12.7. The first-order valence-electron chi connectivity index (χ1n) is 12.1. The molecule has 0 aromatic heterocycles. The molecule has 0 unspecified atom stereocenters. The lowest BCUT2D eigenvalue weighted by Gasteiger charge is -2.37. The third-order valence-corrected chi connectivity index (χ3v) is 8.85. The number of likely N-dealkylation sites (tertiary alicyclic amines) is 2. The minimum Gasteiger partial charge on any atom is -0.490 e. The van der Waals surface area contributed by atoms with Gasteiger partial charge in [-0.05, 0) is 63.1 Å². The predicted octanol–water partition coefficient (Wildman–Crippen LogP) is 2.97. The second kappa shape index (κ2) is 10.00. The Morgan fingerprint density at radius 3 is 2.00 bits per heavy atom. The Kier molecular flexibility index (Phi) is 7.30. The van der Waals surface area contributed by atoms with Crippen LogP contribution in [0.25, 0.3) is 0 Å². The van der Waals surface area contributed by atoms with E-state index in [2.05, 4.69) is 43.0 Å². The summed E-state index contributed by atoms with van der Waals surface area (Å²) < 4.78 is 29.4. The molecule has 3 saturated heterocycles. The van der Waals surface area contributed by atoms with E-state index in [9.17, 15) is 13.2 Å². The van der Waals surface area contributed by atoms with E-state index in [1.54, 1.807) is 4.90 Å². The van der Waals surface area contributed by atoms with Gasteiger partial charge in [0, 0.05) is 45.3 Å². The van der Waals surface area contributed by atoms with Gasteiger partial charge in [-0.15, -0.1) is 0 Å². The molecule has 3 aliphatic heterocycles. The minimum absolute atomic E-state index is 0.00869. The minimum atomic E-state index is -2.97. The number of amides is 2. The van der Waals surface area contributed by atoms with Crippen LogP contribution in [0.4, 0.5) is 4.79 Å². The molecule has 3 heterocycles. The molecule has 3 aliphatic rings. The van der Waals surface area contributed by atoms with Gasteiger partial charge in [0.25, 0.3) is 0 Å². The van der Waals surface area contributed by atoms with E-state index in [-0.39, 0.29) is 17.5 Å². The first kappa shape index (κ1) is 23.4. The number of rotatable bonds is 4. The molecule has 7 nitrogen and oxygen atoms in total. The highest BCUT2D eigenvalue weighted by Gasteiger charge is 2.31. The SMILES string of the molecule is CC(C)N1CCC(Oc2ccc(C3CCN(C(=O)N4CCS(=O)(=O)CC4)CC3)cc2)CC1. The summed E-state index contributed by atoms with van der Waals surface area (Å²) >= 11 is 0. The molecule has 1 aromatic carbocycles. The summed E-state index contributed by atoms with van der Waals surface area (Å²) in [5, 5.41) is 0. The molecule has 0 radical (unpaired) electrons. The van der Waals surface area contributed by atoms with E-state index in [4.69, 9.17) is 4.74 Å². The smallest absolute Gasteiger partial charge is 0.320 e. The van der Waals surface area contributed by atoms with Crippen LogP contribution in [-0.4, -0.2) is 92.1 Å². The Morgan fingerprint density at radius 2 is 1.44 bits per heavy atom. The summed E-state index contributed by atoms with van der Waals surface area (Å²) in [4.78, 5) is 18.8. The predicted molar refractivity (Wildman–Crippen MR) is 126 cm³/mol. The summed E-state index contributed by atoms with van der Waals surface area (Å²) in [6.45, 7) is 8.79. The largest absolute Gasteiger partial charge is 0.490 e. The highest BCUT2D eigenvalue weighted by atomic mass is 32.2. The Balaban J connectivity index is 1.23. The number of urea groups is 1. The molecule has 4 rings (SSSR count). The summed E-state index contributed by atoms with van der Waals surface area (Å²) in [6.07, 6.45) is 4.33. The van der Waals surface area contributed by atoms with Gasteiger partial charge in [-0.2, -0.15) is 0 Å². The van der Waals surface area contributed by atoms with Crippen molar-refractivity contribution in [3.05, 3.63) is 29.8 Å². The fraction of sp³-hybridized carbons (Fsp3) is 0.708. The average Bonchev–Trinajstić information content (AvgIpc) is 2.80. The van der Waals surface area contributed by atoms with Crippen molar-refractivity contribution >= 4 is 15.9 Å². The van der Waals surface area contributed by atoms with Crippen LogP contribution >= 0.6 is 0 Å². The highest BCUT2D eigenvalue weighted by molar-refractivity contribution is 7.91. The van der Waals surface area contributed by atoms with E-state index >= 15 is 0 Å². The summed E-state index contributed by atoms with van der Waals surface area (Å²) in [5.74, 6) is 1.56. The quantitative estimate of drug-likeness (QED) is 0.687. The van der Waals surface area contributed by atoms with E-state index in [1.165, 1.54) is 5.56 Å². The van der Waals surface area contributed by atoms with Crippen molar-refractivity contribution in [3.63, 3.8) is 0 Å². The van der Waals surface area contributed by atoms with Crippen molar-refractivity contribution in [2.75, 3.05) is 50.8 Å². The lowest BCUT2D eigenvalue weighted by Crippen LogP contribution is -2.51. The number of carbonyl (C=O) groups excluding carboxylic acids is 1. The number of ether oxygens (including phenoxy) is 1. The standard InChI is InChI=1S/C24H37N3O4S/c1-19(2)25-13-9-23(10-14-25)31-22-5-3-20(4-6-22)21-7-11-26(12-8-21)24(28)27-15-17-32(29,30)18-16-27/h3-6,19,21,23H,7-18H2,1-2H3. The Bertz CT molecular complexity index is 857. The van der Waals surface area contributed by atoms with Crippen LogP contribution in [0.3, 0.4) is 0 Å². The van der Waals surface area contributed by atoms with Crippen molar-refractivity contribution in [2.24, 2.45) is 0 Å². The molecule has 32 heavy (non-hydrogen) atoms. The van der Waals surface area contributed by atoms with Crippen molar-refractivity contribution in [1.29, 1.82) is 0 Å². The molecule has 0 atom stereocenters. The zero-order valence-electron chi connectivity index (χ0n) is 19.4. The zero-order chi connectivity index (χ0) is 22.7. The zero-order valence-corrected chi connectivity index (χ0v) is 20.2. The van der Waals surface area contributed by atoms with Crippen LogP contribution in [-0.2, 0) is 9.84 Å². The number of carbonyl (C=O) groups is 1. The molecule has 0 spiro atoms. The van der Waals surface area contributed by atoms with Crippen LogP contribution in [0.5, 0.6) is 5.75 Å². The molecule has 2 amide bonds. The summed E-state index contributed by atoms with van der Waals surface area (Å²) in [7, 11) is -2.97. The number of hydrogen-bond acceptors (Lipinski definition) is 5. The van der Waals surface area contributed by atoms with Gasteiger partial charge < -0.3 is 19.4 Å². The molecular weight excluding hydrogens is 426 g/mol. The van der Waals surface area contributed by atoms with Gasteiger partial charge in [-0.25, -0.2) is 13.2 Å². The average molecular weight is 464 g/mol. The first-order valence-corrected chi connectivity index (χ1v) is 13.9. The fourth-order valence-corrected chi connectivity index (χ4v) is 6.23. The van der Waals surface area contributed by atoms with Gasteiger partial charge in [-0.1, -0.05) is 12.1 Å². The number of nitrogens with zero attached hydrogens (tertiary/aromatic N) is 3. The van der Waals surface area contributed by atoms with Gasteiger partial charge in [0.2, 0.25) is 0 Å². The Hall–Kier alpha value is -1.80. The Morgan fingerprint density at radius 1 is 0.875 bits per heavy atom. The maximum Gasteiger partial charge on any atom is 0.320 e. The second-order valence-corrected chi connectivity index (χ2v) is 12.0. The molecule has 3 fully saturated rings.